The van der Waals surface area contributed by atoms with E-state index in [1.807, 2.05) is 55.7 Å². The monoisotopic (exact) mass is 1130 g/mol. The first kappa shape index (κ1) is 66.5. The van der Waals surface area contributed by atoms with Crippen LogP contribution in [-0.2, 0) is 54.3 Å². The van der Waals surface area contributed by atoms with Gasteiger partial charge in [-0.2, -0.15) is 0 Å². The van der Waals surface area contributed by atoms with E-state index in [0.29, 0.717) is 17.3 Å². The molecule has 0 aliphatic carbocycles. The van der Waals surface area contributed by atoms with Crippen LogP contribution in [0.5, 0.6) is 0 Å². The van der Waals surface area contributed by atoms with Crippen molar-refractivity contribution in [3.05, 3.63) is 83.7 Å². The van der Waals surface area contributed by atoms with Crippen LogP contribution in [0.4, 0.5) is 13.6 Å². The number of esters is 3. The molecule has 4 unspecified atom stereocenters. The molecule has 0 aliphatic heterocycles. The molecule has 17 nitrogen and oxygen atoms in total. The first-order chi connectivity index (χ1) is 35.9. The summed E-state index contributed by atoms with van der Waals surface area (Å²) in [5.41, 5.74) is 4.74. The number of ether oxygens (including phenoxy) is 4. The summed E-state index contributed by atoms with van der Waals surface area (Å²) in [5.74, 6) is -5.23. The van der Waals surface area contributed by atoms with Gasteiger partial charge < -0.3 is 50.1 Å². The van der Waals surface area contributed by atoms with Crippen molar-refractivity contribution in [1.29, 1.82) is 0 Å². The molecule has 0 fully saturated rings. The maximum atomic E-state index is 15.6. The zero-order chi connectivity index (χ0) is 59.0. The van der Waals surface area contributed by atoms with Gasteiger partial charge in [0.1, 0.15) is 46.6 Å². The van der Waals surface area contributed by atoms with Crippen molar-refractivity contribution in [1.82, 2.24) is 25.4 Å². The van der Waals surface area contributed by atoms with E-state index < -0.39 is 108 Å². The number of benzene rings is 2. The van der Waals surface area contributed by atoms with Gasteiger partial charge in [0.25, 0.3) is 0 Å². The lowest BCUT2D eigenvalue weighted by molar-refractivity contribution is -0.160. The number of thioether (sulfide) groups is 1. The van der Waals surface area contributed by atoms with E-state index in [2.05, 4.69) is 35.6 Å². The highest BCUT2D eigenvalue weighted by Gasteiger charge is 2.39. The Balaban J connectivity index is 2.07. The van der Waals surface area contributed by atoms with Crippen molar-refractivity contribution in [2.45, 2.75) is 182 Å². The summed E-state index contributed by atoms with van der Waals surface area (Å²) in [6, 6.07) is 10.5. The fraction of sp³-hybridized carbons (Fsp3) is 0.596. The van der Waals surface area contributed by atoms with Gasteiger partial charge in [-0.15, -0.1) is 11.8 Å². The third-order valence-electron chi connectivity index (χ3n) is 11.4. The molecule has 5 N–H and O–H groups in total. The number of nitrogens with zero attached hydrogens (tertiary/aromatic N) is 2. The van der Waals surface area contributed by atoms with Crippen molar-refractivity contribution >= 4 is 61.6 Å². The molecule has 0 radical (unpaired) electrons. The quantitative estimate of drug-likeness (QED) is 0.0335. The fourth-order valence-electron chi connectivity index (χ4n) is 7.95. The minimum absolute atomic E-state index is 0.00343. The number of nitrogens with two attached hydrogens (primary N) is 1. The maximum Gasteiger partial charge on any atom is 0.407 e. The van der Waals surface area contributed by atoms with Gasteiger partial charge in [-0.3, -0.25) is 24.0 Å². The molecule has 78 heavy (non-hydrogen) atoms. The second-order valence-electron chi connectivity index (χ2n) is 24.7. The predicted octanol–water partition coefficient (Wildman–Crippen LogP) is 9.08. The molecule has 0 spiro atoms. The smallest absolute Gasteiger partial charge is 0.407 e. The lowest BCUT2D eigenvalue weighted by atomic mass is 9.82. The molecule has 3 aromatic rings. The topological polar surface area (TPSA) is 227 Å². The van der Waals surface area contributed by atoms with Crippen LogP contribution in [0, 0.1) is 17.0 Å². The number of amides is 4. The van der Waals surface area contributed by atoms with Crippen molar-refractivity contribution < 1.29 is 61.3 Å². The molecule has 0 aliphatic rings. The van der Waals surface area contributed by atoms with Gasteiger partial charge in [-0.1, -0.05) is 70.7 Å². The van der Waals surface area contributed by atoms with Gasteiger partial charge in [0.05, 0.1) is 18.4 Å². The first-order valence-corrected chi connectivity index (χ1v) is 31.3. The summed E-state index contributed by atoms with van der Waals surface area (Å²) in [4.78, 5) is 96.5. The van der Waals surface area contributed by atoms with E-state index in [1.54, 1.807) is 79.5 Å². The Kier molecular flexibility index (Phi) is 24.6. The normalized spacial score (nSPS) is 13.8. The highest BCUT2D eigenvalue weighted by atomic mass is 32.2. The zero-order valence-corrected chi connectivity index (χ0v) is 50.3. The molecule has 3 rings (SSSR count). The number of hydrogen-bond acceptors (Lipinski definition) is 13. The summed E-state index contributed by atoms with van der Waals surface area (Å²) in [5, 5.41) is 8.01. The van der Waals surface area contributed by atoms with Gasteiger partial charge in [0, 0.05) is 69.3 Å². The molecular formula is C57H86F2N6O11SSi. The standard InChI is InChI=1S/C57H86F2N6O11SSi/c1-54(2,3)49(45-31-38(40-32-39(58)21-22-41(40)59)34-64(45)33-37-19-17-16-18-20-37)65(47(67)36-77-35-42(60)51(70)75-56(7,8)9)28-26-43(63-53(72)73-29-30-78(13,14)15)50(69)61-27-25-46(66)62-44(52(71)76-57(10,11)12)23-24-48(68)74-55(4,5)6/h16-22,31-32,34,42-44,49H,23-30,33,35-36,60H2,1-15H3,(H,61,69)(H,62,66)(H,63,72). The third kappa shape index (κ3) is 24.5. The molecule has 4 atom stereocenters. The number of alkyl carbamates (subject to hydrolysis) is 1. The lowest BCUT2D eigenvalue weighted by Crippen LogP contribution is -2.51. The minimum Gasteiger partial charge on any atom is -0.460 e. The number of carbonyl (C=O) groups is 7. The van der Waals surface area contributed by atoms with Crippen LogP contribution >= 0.6 is 11.8 Å². The lowest BCUT2D eigenvalue weighted by Gasteiger charge is -2.41. The van der Waals surface area contributed by atoms with Crippen molar-refractivity contribution in [3.8, 4) is 11.1 Å². The van der Waals surface area contributed by atoms with E-state index >= 15 is 4.39 Å². The van der Waals surface area contributed by atoms with E-state index in [4.69, 9.17) is 24.7 Å². The van der Waals surface area contributed by atoms with Crippen LogP contribution in [0.1, 0.15) is 126 Å². The largest absolute Gasteiger partial charge is 0.460 e. The highest BCUT2D eigenvalue weighted by molar-refractivity contribution is 8.00. The van der Waals surface area contributed by atoms with E-state index in [-0.39, 0.29) is 69.0 Å². The Hall–Kier alpha value is -5.80. The number of aromatic nitrogens is 1. The van der Waals surface area contributed by atoms with Crippen LogP contribution in [-0.4, -0.2) is 125 Å². The SMILES string of the molecule is CC(C)(C)OC(=O)CCC(NC(=O)CCNC(=O)C(CCN(C(=O)CSCC(N)C(=O)OC(C)(C)C)C(c1cc(-c2cc(F)ccc2F)cn1Cc1ccccc1)C(C)(C)C)NC(=O)OCC[Si](C)(C)C)C(=O)OC(C)(C)C. The summed E-state index contributed by atoms with van der Waals surface area (Å²) in [6.07, 6.45) is 0.00481. The van der Waals surface area contributed by atoms with Crippen LogP contribution in [0.25, 0.3) is 11.1 Å². The first-order valence-electron chi connectivity index (χ1n) is 26.4. The molecule has 0 bridgehead atoms. The number of nitrogens with one attached hydrogen (secondary N) is 3. The summed E-state index contributed by atoms with van der Waals surface area (Å²) in [6.45, 7) is 27.3. The summed E-state index contributed by atoms with van der Waals surface area (Å²) < 4.78 is 54.2. The number of halogens is 2. The fourth-order valence-corrected chi connectivity index (χ4v) is 9.51. The molecule has 0 saturated carbocycles. The van der Waals surface area contributed by atoms with Crippen molar-refractivity contribution in [3.63, 3.8) is 0 Å². The van der Waals surface area contributed by atoms with E-state index in [9.17, 15) is 38.0 Å². The average Bonchev–Trinajstić information content (AvgIpc) is 3.68. The van der Waals surface area contributed by atoms with Gasteiger partial charge in [-0.05, 0) is 116 Å². The molecule has 1 aromatic heterocycles. The van der Waals surface area contributed by atoms with Gasteiger partial charge in [0.2, 0.25) is 17.7 Å². The van der Waals surface area contributed by atoms with Crippen molar-refractivity contribution in [2.75, 3.05) is 31.2 Å². The molecule has 4 amide bonds. The second kappa shape index (κ2) is 28.9. The maximum absolute atomic E-state index is 15.6. The predicted molar refractivity (Wildman–Crippen MR) is 302 cm³/mol. The second-order valence-corrected chi connectivity index (χ2v) is 31.3. The Labute approximate surface area is 465 Å². The van der Waals surface area contributed by atoms with Crippen molar-refractivity contribution in [2.24, 2.45) is 11.1 Å². The van der Waals surface area contributed by atoms with Crippen LogP contribution in [0.15, 0.2) is 60.8 Å². The Bertz CT molecular complexity index is 2510. The highest BCUT2D eigenvalue weighted by Crippen LogP contribution is 2.42. The summed E-state index contributed by atoms with van der Waals surface area (Å²) in [7, 11) is -1.66. The summed E-state index contributed by atoms with van der Waals surface area (Å²) >= 11 is 1.11. The molecule has 1 heterocycles. The zero-order valence-electron chi connectivity index (χ0n) is 48.5. The minimum atomic E-state index is -1.66. The number of carbonyl (C=O) groups excluding carboxylic acids is 7. The van der Waals surface area contributed by atoms with E-state index in [1.165, 1.54) is 0 Å². The Morgan fingerprint density at radius 2 is 1.37 bits per heavy atom. The molecule has 434 valence electrons. The van der Waals surface area contributed by atoms with Crippen LogP contribution in [0.3, 0.4) is 0 Å². The number of rotatable bonds is 26. The van der Waals surface area contributed by atoms with Gasteiger partial charge in [-0.25, -0.2) is 18.4 Å². The Morgan fingerprint density at radius 1 is 0.756 bits per heavy atom. The van der Waals surface area contributed by atoms with Gasteiger partial charge >= 0.3 is 24.0 Å². The van der Waals surface area contributed by atoms with Gasteiger partial charge in [0.15, 0.2) is 0 Å². The van der Waals surface area contributed by atoms with Crippen LogP contribution in [0.2, 0.25) is 25.7 Å². The number of hydrogen-bond donors (Lipinski definition) is 4. The molecule has 2 aromatic carbocycles. The Morgan fingerprint density at radius 3 is 1.96 bits per heavy atom. The molecular weight excluding hydrogens is 1040 g/mol. The van der Waals surface area contributed by atoms with Crippen LogP contribution < -0.4 is 21.7 Å². The average molecular weight is 1130 g/mol. The molecule has 21 heteroatoms. The third-order valence-corrected chi connectivity index (χ3v) is 14.2. The van der Waals surface area contributed by atoms with E-state index in [0.717, 1.165) is 35.5 Å². The molecule has 0 saturated heterocycles.